The fraction of sp³-hybridized carbons (Fsp3) is 0.600. The van der Waals surface area contributed by atoms with E-state index in [-0.39, 0.29) is 11.9 Å². The van der Waals surface area contributed by atoms with E-state index < -0.39 is 12.5 Å². The van der Waals surface area contributed by atoms with Gasteiger partial charge >= 0.3 is 6.36 Å². The third kappa shape index (κ3) is 6.34. The van der Waals surface area contributed by atoms with Crippen molar-refractivity contribution >= 4 is 0 Å². The molecule has 1 heterocycles. The van der Waals surface area contributed by atoms with Crippen molar-refractivity contribution in [3.8, 4) is 5.75 Å². The molecular weight excluding hydrogens is 313 g/mol. The van der Waals surface area contributed by atoms with Crippen molar-refractivity contribution in [3.63, 3.8) is 0 Å². The van der Waals surface area contributed by atoms with Gasteiger partial charge in [-0.15, -0.1) is 13.2 Å². The van der Waals surface area contributed by atoms with Crippen molar-refractivity contribution in [2.45, 2.75) is 18.6 Å². The molecule has 1 aliphatic heterocycles. The first-order valence-electron chi connectivity index (χ1n) is 7.38. The Morgan fingerprint density at radius 3 is 2.70 bits per heavy atom. The van der Waals surface area contributed by atoms with E-state index in [0.29, 0.717) is 25.3 Å². The number of rotatable bonds is 6. The molecule has 1 fully saturated rings. The predicted molar refractivity (Wildman–Crippen MR) is 78.2 cm³/mol. The van der Waals surface area contributed by atoms with Crippen molar-refractivity contribution in [2.24, 2.45) is 0 Å². The molecule has 0 spiro atoms. The first-order chi connectivity index (χ1) is 10.8. The van der Waals surface area contributed by atoms with Gasteiger partial charge in [0.05, 0.1) is 18.8 Å². The lowest BCUT2D eigenvalue weighted by Crippen LogP contribution is -2.45. The second-order valence-electron chi connectivity index (χ2n) is 5.55. The Kier molecular flexibility index (Phi) is 6.23. The van der Waals surface area contributed by atoms with Crippen LogP contribution in [0.3, 0.4) is 0 Å². The summed E-state index contributed by atoms with van der Waals surface area (Å²) in [4.78, 5) is 2.17. The minimum atomic E-state index is -4.71. The summed E-state index contributed by atoms with van der Waals surface area (Å²) in [5.74, 6) is -0.306. The number of aliphatic hydroxyl groups excluding tert-OH is 1. The molecule has 130 valence electrons. The zero-order chi connectivity index (χ0) is 16.9. The molecule has 0 bridgehead atoms. The van der Waals surface area contributed by atoms with Gasteiger partial charge < -0.3 is 24.8 Å². The van der Waals surface area contributed by atoms with Crippen LogP contribution in [0.25, 0.3) is 0 Å². The molecule has 0 radical (unpaired) electrons. The maximum Gasteiger partial charge on any atom is 0.573 e. The van der Waals surface area contributed by atoms with Gasteiger partial charge in [0, 0.05) is 26.2 Å². The number of hydrogen-bond acceptors (Lipinski definition) is 5. The molecule has 8 heteroatoms. The van der Waals surface area contributed by atoms with Crippen LogP contribution in [0, 0.1) is 0 Å². The van der Waals surface area contributed by atoms with Crippen LogP contribution in [-0.4, -0.2) is 62.3 Å². The van der Waals surface area contributed by atoms with E-state index >= 15 is 0 Å². The number of nitrogens with zero attached hydrogens (tertiary/aromatic N) is 1. The van der Waals surface area contributed by atoms with Gasteiger partial charge in [-0.05, 0) is 24.7 Å². The zero-order valence-electron chi connectivity index (χ0n) is 12.8. The number of nitrogens with one attached hydrogen (secondary N) is 1. The summed E-state index contributed by atoms with van der Waals surface area (Å²) in [5, 5.41) is 13.2. The molecule has 2 rings (SSSR count). The van der Waals surface area contributed by atoms with Crippen molar-refractivity contribution in [1.29, 1.82) is 0 Å². The van der Waals surface area contributed by atoms with Crippen LogP contribution in [0.2, 0.25) is 0 Å². The molecule has 0 unspecified atom stereocenters. The van der Waals surface area contributed by atoms with E-state index in [1.165, 1.54) is 24.3 Å². The molecule has 0 aromatic heterocycles. The largest absolute Gasteiger partial charge is 0.573 e. The normalized spacial score (nSPS) is 21.2. The number of likely N-dealkylation sites (N-methyl/N-ethyl adjacent to an activating group) is 1. The lowest BCUT2D eigenvalue weighted by atomic mass is 10.1. The van der Waals surface area contributed by atoms with Crippen molar-refractivity contribution in [3.05, 3.63) is 29.8 Å². The van der Waals surface area contributed by atoms with Crippen LogP contribution in [0.5, 0.6) is 5.75 Å². The molecule has 2 N–H and O–H groups in total. The topological polar surface area (TPSA) is 54.0 Å². The van der Waals surface area contributed by atoms with E-state index in [1.807, 2.05) is 7.05 Å². The summed E-state index contributed by atoms with van der Waals surface area (Å²) in [5.41, 5.74) is 0.522. The minimum absolute atomic E-state index is 0.0727. The van der Waals surface area contributed by atoms with Crippen molar-refractivity contribution in [1.82, 2.24) is 10.2 Å². The molecule has 1 aromatic carbocycles. The molecule has 5 nitrogen and oxygen atoms in total. The zero-order valence-corrected chi connectivity index (χ0v) is 12.8. The van der Waals surface area contributed by atoms with Crippen LogP contribution < -0.4 is 10.1 Å². The quantitative estimate of drug-likeness (QED) is 0.827. The highest BCUT2D eigenvalue weighted by Gasteiger charge is 2.31. The van der Waals surface area contributed by atoms with Crippen LogP contribution in [0.4, 0.5) is 13.2 Å². The summed E-state index contributed by atoms with van der Waals surface area (Å²) >= 11 is 0. The van der Waals surface area contributed by atoms with Gasteiger partial charge in [0.1, 0.15) is 5.75 Å². The Morgan fingerprint density at radius 1 is 1.39 bits per heavy atom. The first-order valence-corrected chi connectivity index (χ1v) is 7.38. The van der Waals surface area contributed by atoms with E-state index in [0.717, 1.165) is 13.1 Å². The molecule has 0 saturated carbocycles. The van der Waals surface area contributed by atoms with Crippen LogP contribution in [0.1, 0.15) is 11.7 Å². The second kappa shape index (κ2) is 7.96. The van der Waals surface area contributed by atoms with E-state index in [2.05, 4.69) is 15.0 Å². The summed E-state index contributed by atoms with van der Waals surface area (Å²) in [6.45, 7) is 3.32. The molecular formula is C15H21F3N2O3. The highest BCUT2D eigenvalue weighted by Crippen LogP contribution is 2.24. The Labute approximate surface area is 133 Å². The SMILES string of the molecule is CN1CCO[C@@H](CNC[C@@H](O)c2ccc(OC(F)(F)F)cc2)C1. The van der Waals surface area contributed by atoms with E-state index in [9.17, 15) is 18.3 Å². The number of halogens is 3. The second-order valence-corrected chi connectivity index (χ2v) is 5.55. The number of morpholine rings is 1. The number of aliphatic hydroxyl groups is 1. The maximum absolute atomic E-state index is 12.1. The van der Waals surface area contributed by atoms with E-state index in [1.54, 1.807) is 0 Å². The number of benzene rings is 1. The molecule has 1 aromatic rings. The van der Waals surface area contributed by atoms with Gasteiger partial charge in [0.2, 0.25) is 0 Å². The number of alkyl halides is 3. The van der Waals surface area contributed by atoms with Gasteiger partial charge in [0.15, 0.2) is 0 Å². The summed E-state index contributed by atoms with van der Waals surface area (Å²) in [6.07, 6.45) is -5.45. The fourth-order valence-corrected chi connectivity index (χ4v) is 2.38. The Morgan fingerprint density at radius 2 is 2.09 bits per heavy atom. The monoisotopic (exact) mass is 334 g/mol. The number of hydrogen-bond donors (Lipinski definition) is 2. The summed E-state index contributed by atoms with van der Waals surface area (Å²) < 4.78 is 45.6. The molecule has 1 saturated heterocycles. The van der Waals surface area contributed by atoms with Gasteiger partial charge in [-0.25, -0.2) is 0 Å². The van der Waals surface area contributed by atoms with Crippen LogP contribution >= 0.6 is 0 Å². The molecule has 23 heavy (non-hydrogen) atoms. The molecule has 0 amide bonds. The van der Waals surface area contributed by atoms with Crippen LogP contribution in [0.15, 0.2) is 24.3 Å². The summed E-state index contributed by atoms with van der Waals surface area (Å²) in [7, 11) is 2.02. The minimum Gasteiger partial charge on any atom is -0.406 e. The lowest BCUT2D eigenvalue weighted by Gasteiger charge is -2.30. The van der Waals surface area contributed by atoms with Gasteiger partial charge in [0.25, 0.3) is 0 Å². The number of ether oxygens (including phenoxy) is 2. The molecule has 2 atom stereocenters. The summed E-state index contributed by atoms with van der Waals surface area (Å²) in [6, 6.07) is 5.20. The fourth-order valence-electron chi connectivity index (χ4n) is 2.38. The Balaban J connectivity index is 1.75. The highest BCUT2D eigenvalue weighted by molar-refractivity contribution is 5.28. The van der Waals surface area contributed by atoms with Gasteiger partial charge in [-0.1, -0.05) is 12.1 Å². The molecule has 1 aliphatic rings. The highest BCUT2D eigenvalue weighted by atomic mass is 19.4. The van der Waals surface area contributed by atoms with E-state index in [4.69, 9.17) is 4.74 Å². The standard InChI is InChI=1S/C15H21F3N2O3/c1-20-6-7-22-13(10-20)8-19-9-14(21)11-2-4-12(5-3-11)23-15(16,17)18/h2-5,13-14,19,21H,6-10H2,1H3/t13-,14+/m0/s1. The van der Waals surface area contributed by atoms with Gasteiger partial charge in [-0.2, -0.15) is 0 Å². The average molecular weight is 334 g/mol. The third-order valence-corrected chi connectivity index (χ3v) is 3.55. The maximum atomic E-state index is 12.1. The third-order valence-electron chi connectivity index (χ3n) is 3.55. The predicted octanol–water partition coefficient (Wildman–Crippen LogP) is 1.54. The van der Waals surface area contributed by atoms with Crippen molar-refractivity contribution < 1.29 is 27.8 Å². The van der Waals surface area contributed by atoms with Crippen molar-refractivity contribution in [2.75, 3.05) is 39.8 Å². The van der Waals surface area contributed by atoms with Crippen LogP contribution in [-0.2, 0) is 4.74 Å². The average Bonchev–Trinajstić information content (AvgIpc) is 2.46. The Hall–Kier alpha value is -1.35. The first kappa shape index (κ1) is 18.0. The van der Waals surface area contributed by atoms with Gasteiger partial charge in [-0.3, -0.25) is 0 Å². The lowest BCUT2D eigenvalue weighted by molar-refractivity contribution is -0.274. The molecule has 0 aliphatic carbocycles. The smallest absolute Gasteiger partial charge is 0.406 e. The Bertz CT molecular complexity index is 482.